The molecule has 0 aliphatic carbocycles. The minimum absolute atomic E-state index is 0.00604. The van der Waals surface area contributed by atoms with Crippen molar-refractivity contribution in [1.82, 2.24) is 5.32 Å². The topological polar surface area (TPSA) is 58.6 Å². The first-order valence-corrected chi connectivity index (χ1v) is 7.19. The van der Waals surface area contributed by atoms with E-state index in [1.807, 2.05) is 31.2 Å². The molecule has 1 aliphatic rings. The number of ether oxygens (including phenoxy) is 1. The number of phenols is 1. The number of fused-ring (bicyclic) bond motifs is 1. The largest absolute Gasteiger partial charge is 0.507 e. The molecule has 1 heterocycles. The van der Waals surface area contributed by atoms with Crippen LogP contribution in [-0.2, 0) is 4.74 Å². The molecule has 110 valence electrons. The Morgan fingerprint density at radius 1 is 1.29 bits per heavy atom. The SMILES string of the molecule is CC1(NC(=O)c2cc3ccccc3cc2O)CCCOC1. The van der Waals surface area contributed by atoms with Gasteiger partial charge in [0.2, 0.25) is 0 Å². The highest BCUT2D eigenvalue weighted by atomic mass is 16.5. The Balaban J connectivity index is 1.88. The number of hydrogen-bond donors (Lipinski definition) is 2. The van der Waals surface area contributed by atoms with Crippen molar-refractivity contribution in [3.05, 3.63) is 42.0 Å². The summed E-state index contributed by atoms with van der Waals surface area (Å²) in [5, 5.41) is 14.9. The first-order valence-electron chi connectivity index (χ1n) is 7.19. The summed E-state index contributed by atoms with van der Waals surface area (Å²) >= 11 is 0. The number of hydrogen-bond acceptors (Lipinski definition) is 3. The van der Waals surface area contributed by atoms with Gasteiger partial charge < -0.3 is 15.2 Å². The molecule has 1 fully saturated rings. The van der Waals surface area contributed by atoms with Crippen molar-refractivity contribution >= 4 is 16.7 Å². The molecule has 0 saturated carbocycles. The molecular weight excluding hydrogens is 266 g/mol. The number of phenolic OH excluding ortho intramolecular Hbond substituents is 1. The zero-order valence-corrected chi connectivity index (χ0v) is 12.1. The van der Waals surface area contributed by atoms with Crippen molar-refractivity contribution in [3.63, 3.8) is 0 Å². The maximum Gasteiger partial charge on any atom is 0.255 e. The van der Waals surface area contributed by atoms with Gasteiger partial charge in [0, 0.05) is 6.61 Å². The van der Waals surface area contributed by atoms with Gasteiger partial charge in [0.25, 0.3) is 5.91 Å². The van der Waals surface area contributed by atoms with E-state index in [-0.39, 0.29) is 17.2 Å². The number of carbonyl (C=O) groups is 1. The average molecular weight is 285 g/mol. The molecule has 2 aromatic carbocycles. The van der Waals surface area contributed by atoms with Gasteiger partial charge in [-0.05, 0) is 42.7 Å². The molecule has 1 unspecified atom stereocenters. The van der Waals surface area contributed by atoms with E-state index >= 15 is 0 Å². The summed E-state index contributed by atoms with van der Waals surface area (Å²) in [5.74, 6) is -0.252. The lowest BCUT2D eigenvalue weighted by Crippen LogP contribution is -2.51. The Bertz CT molecular complexity index is 675. The third-order valence-electron chi connectivity index (χ3n) is 3.96. The van der Waals surface area contributed by atoms with Crippen LogP contribution >= 0.6 is 0 Å². The zero-order chi connectivity index (χ0) is 14.9. The highest BCUT2D eigenvalue weighted by Gasteiger charge is 2.30. The summed E-state index contributed by atoms with van der Waals surface area (Å²) < 4.78 is 5.45. The van der Waals surface area contributed by atoms with Crippen LogP contribution in [0.4, 0.5) is 0 Å². The lowest BCUT2D eigenvalue weighted by Gasteiger charge is -2.34. The molecule has 3 rings (SSSR count). The van der Waals surface area contributed by atoms with Gasteiger partial charge in [-0.3, -0.25) is 4.79 Å². The second-order valence-electron chi connectivity index (χ2n) is 5.89. The molecule has 0 aromatic heterocycles. The first-order chi connectivity index (χ1) is 10.1. The molecule has 0 spiro atoms. The summed E-state index contributed by atoms with van der Waals surface area (Å²) in [6.07, 6.45) is 1.81. The maximum atomic E-state index is 12.5. The number of amides is 1. The number of benzene rings is 2. The van der Waals surface area contributed by atoms with Crippen LogP contribution in [0.1, 0.15) is 30.1 Å². The minimum Gasteiger partial charge on any atom is -0.507 e. The van der Waals surface area contributed by atoms with Crippen LogP contribution in [0.25, 0.3) is 10.8 Å². The fourth-order valence-electron chi connectivity index (χ4n) is 2.78. The van der Waals surface area contributed by atoms with Crippen LogP contribution < -0.4 is 5.32 Å². The Kier molecular flexibility index (Phi) is 3.55. The highest BCUT2D eigenvalue weighted by Crippen LogP contribution is 2.26. The van der Waals surface area contributed by atoms with Crippen LogP contribution in [0.2, 0.25) is 0 Å². The van der Waals surface area contributed by atoms with E-state index in [0.717, 1.165) is 30.2 Å². The standard InChI is InChI=1S/C17H19NO3/c1-17(7-4-8-21-11-17)18-16(20)14-9-12-5-2-3-6-13(12)10-15(14)19/h2-3,5-6,9-10,19H,4,7-8,11H2,1H3,(H,18,20). The van der Waals surface area contributed by atoms with Gasteiger partial charge in [0.1, 0.15) is 5.75 Å². The molecule has 0 radical (unpaired) electrons. The normalized spacial score (nSPS) is 22.1. The summed E-state index contributed by atoms with van der Waals surface area (Å²) in [5.41, 5.74) is -0.0616. The first kappa shape index (κ1) is 13.9. The van der Waals surface area contributed by atoms with Crippen LogP contribution in [0.3, 0.4) is 0 Å². The van der Waals surface area contributed by atoms with Crippen molar-refractivity contribution in [3.8, 4) is 5.75 Å². The summed E-state index contributed by atoms with van der Waals surface area (Å²) in [6, 6.07) is 11.0. The van der Waals surface area contributed by atoms with Crippen LogP contribution in [0.15, 0.2) is 36.4 Å². The van der Waals surface area contributed by atoms with Gasteiger partial charge in [-0.25, -0.2) is 0 Å². The molecule has 1 atom stereocenters. The molecular formula is C17H19NO3. The molecule has 4 nitrogen and oxygen atoms in total. The Morgan fingerprint density at radius 3 is 2.67 bits per heavy atom. The molecule has 2 N–H and O–H groups in total. The molecule has 1 aliphatic heterocycles. The van der Waals surface area contributed by atoms with E-state index in [4.69, 9.17) is 4.74 Å². The quantitative estimate of drug-likeness (QED) is 0.892. The predicted molar refractivity (Wildman–Crippen MR) is 81.5 cm³/mol. The molecule has 1 amide bonds. The molecule has 4 heteroatoms. The van der Waals surface area contributed by atoms with E-state index in [0.29, 0.717) is 12.2 Å². The van der Waals surface area contributed by atoms with E-state index in [9.17, 15) is 9.90 Å². The van der Waals surface area contributed by atoms with Crippen molar-refractivity contribution in [2.75, 3.05) is 13.2 Å². The molecule has 21 heavy (non-hydrogen) atoms. The molecule has 1 saturated heterocycles. The van der Waals surface area contributed by atoms with Gasteiger partial charge in [-0.15, -0.1) is 0 Å². The second-order valence-corrected chi connectivity index (χ2v) is 5.89. The van der Waals surface area contributed by atoms with E-state index in [1.54, 1.807) is 12.1 Å². The van der Waals surface area contributed by atoms with Crippen molar-refractivity contribution in [1.29, 1.82) is 0 Å². The van der Waals surface area contributed by atoms with Crippen LogP contribution in [-0.4, -0.2) is 29.8 Å². The van der Waals surface area contributed by atoms with Gasteiger partial charge in [0.15, 0.2) is 0 Å². The fraction of sp³-hybridized carbons (Fsp3) is 0.353. The summed E-state index contributed by atoms with van der Waals surface area (Å²) in [4.78, 5) is 12.5. The van der Waals surface area contributed by atoms with Crippen molar-refractivity contribution in [2.45, 2.75) is 25.3 Å². The lowest BCUT2D eigenvalue weighted by atomic mass is 9.94. The summed E-state index contributed by atoms with van der Waals surface area (Å²) in [7, 11) is 0. The van der Waals surface area contributed by atoms with E-state index < -0.39 is 0 Å². The van der Waals surface area contributed by atoms with Crippen LogP contribution in [0.5, 0.6) is 5.75 Å². The zero-order valence-electron chi connectivity index (χ0n) is 12.1. The molecule has 2 aromatic rings. The third kappa shape index (κ3) is 2.85. The number of rotatable bonds is 2. The lowest BCUT2D eigenvalue weighted by molar-refractivity contribution is 0.0272. The van der Waals surface area contributed by atoms with Crippen LogP contribution in [0, 0.1) is 0 Å². The van der Waals surface area contributed by atoms with Crippen molar-refractivity contribution in [2.24, 2.45) is 0 Å². The Morgan fingerprint density at radius 2 is 2.00 bits per heavy atom. The number of nitrogens with one attached hydrogen (secondary N) is 1. The average Bonchev–Trinajstić information content (AvgIpc) is 2.46. The maximum absolute atomic E-state index is 12.5. The van der Waals surface area contributed by atoms with E-state index in [2.05, 4.69) is 5.32 Å². The highest BCUT2D eigenvalue weighted by molar-refractivity contribution is 6.01. The van der Waals surface area contributed by atoms with Gasteiger partial charge in [0.05, 0.1) is 17.7 Å². The monoisotopic (exact) mass is 285 g/mol. The van der Waals surface area contributed by atoms with E-state index in [1.165, 1.54) is 0 Å². The number of carbonyl (C=O) groups excluding carboxylic acids is 1. The smallest absolute Gasteiger partial charge is 0.255 e. The third-order valence-corrected chi connectivity index (χ3v) is 3.96. The second kappa shape index (κ2) is 5.37. The summed E-state index contributed by atoms with van der Waals surface area (Å²) in [6.45, 7) is 3.22. The number of aromatic hydroxyl groups is 1. The van der Waals surface area contributed by atoms with Gasteiger partial charge in [-0.2, -0.15) is 0 Å². The molecule has 0 bridgehead atoms. The Hall–Kier alpha value is -2.07. The van der Waals surface area contributed by atoms with Crippen molar-refractivity contribution < 1.29 is 14.6 Å². The van der Waals surface area contributed by atoms with Gasteiger partial charge in [-0.1, -0.05) is 24.3 Å². The van der Waals surface area contributed by atoms with Gasteiger partial charge >= 0.3 is 0 Å². The Labute approximate surface area is 123 Å². The fourth-order valence-corrected chi connectivity index (χ4v) is 2.78. The predicted octanol–water partition coefficient (Wildman–Crippen LogP) is 2.84. The minimum atomic E-state index is -0.368.